The summed E-state index contributed by atoms with van der Waals surface area (Å²) in [6.45, 7) is 2.64. The Bertz CT molecular complexity index is 606. The number of fused-ring (bicyclic) bond motifs is 1. The number of hydrogen-bond donors (Lipinski definition) is 0. The highest BCUT2D eigenvalue weighted by atomic mass is 16.3. The molecule has 98 valence electrons. The minimum Gasteiger partial charge on any atom is -0.468 e. The van der Waals surface area contributed by atoms with Crippen molar-refractivity contribution >= 4 is 0 Å². The molecule has 0 N–H and O–H groups in total. The topological polar surface area (TPSA) is 58.0 Å². The number of hydrogen-bond acceptors (Lipinski definition) is 4. The SMILES string of the molecule is Cn1nc(C#N)c2c1CN(Cc1ccco1)CCC2. The molecule has 0 aromatic carbocycles. The zero-order valence-corrected chi connectivity index (χ0v) is 11.0. The maximum atomic E-state index is 9.12. The van der Waals surface area contributed by atoms with Crippen molar-refractivity contribution in [2.24, 2.45) is 7.05 Å². The van der Waals surface area contributed by atoms with Crippen LogP contribution in [0.25, 0.3) is 0 Å². The van der Waals surface area contributed by atoms with Crippen molar-refractivity contribution in [3.63, 3.8) is 0 Å². The first kappa shape index (κ1) is 12.0. The Balaban J connectivity index is 1.84. The molecule has 0 bridgehead atoms. The molecule has 0 amide bonds. The Morgan fingerprint density at radius 3 is 3.16 bits per heavy atom. The maximum Gasteiger partial charge on any atom is 0.165 e. The van der Waals surface area contributed by atoms with E-state index in [0.29, 0.717) is 5.69 Å². The van der Waals surface area contributed by atoms with Crippen molar-refractivity contribution < 1.29 is 4.42 Å². The van der Waals surface area contributed by atoms with Gasteiger partial charge in [-0.15, -0.1) is 0 Å². The van der Waals surface area contributed by atoms with E-state index in [1.54, 1.807) is 6.26 Å². The van der Waals surface area contributed by atoms with Crippen LogP contribution in [0.4, 0.5) is 0 Å². The zero-order chi connectivity index (χ0) is 13.2. The fraction of sp³-hybridized carbons (Fsp3) is 0.429. The van der Waals surface area contributed by atoms with Crippen molar-refractivity contribution in [1.29, 1.82) is 5.26 Å². The average Bonchev–Trinajstić information content (AvgIpc) is 2.94. The summed E-state index contributed by atoms with van der Waals surface area (Å²) >= 11 is 0. The molecule has 3 rings (SSSR count). The lowest BCUT2D eigenvalue weighted by molar-refractivity contribution is 0.233. The van der Waals surface area contributed by atoms with Crippen molar-refractivity contribution in [2.45, 2.75) is 25.9 Å². The van der Waals surface area contributed by atoms with Gasteiger partial charge in [0.2, 0.25) is 0 Å². The van der Waals surface area contributed by atoms with Crippen molar-refractivity contribution in [2.75, 3.05) is 6.54 Å². The van der Waals surface area contributed by atoms with Gasteiger partial charge in [0.1, 0.15) is 11.8 Å². The zero-order valence-electron chi connectivity index (χ0n) is 11.0. The lowest BCUT2D eigenvalue weighted by atomic mass is 10.1. The third-order valence-corrected chi connectivity index (χ3v) is 3.61. The summed E-state index contributed by atoms with van der Waals surface area (Å²) in [4.78, 5) is 2.34. The number of nitriles is 1. The first-order valence-corrected chi connectivity index (χ1v) is 6.47. The summed E-state index contributed by atoms with van der Waals surface area (Å²) in [6, 6.07) is 6.10. The molecule has 5 heteroatoms. The minimum absolute atomic E-state index is 0.581. The quantitative estimate of drug-likeness (QED) is 0.822. The summed E-state index contributed by atoms with van der Waals surface area (Å²) < 4.78 is 7.25. The molecule has 0 saturated carbocycles. The van der Waals surface area contributed by atoms with Crippen LogP contribution >= 0.6 is 0 Å². The maximum absolute atomic E-state index is 9.12. The van der Waals surface area contributed by atoms with Gasteiger partial charge in [-0.2, -0.15) is 10.4 Å². The third-order valence-electron chi connectivity index (χ3n) is 3.61. The van der Waals surface area contributed by atoms with Gasteiger partial charge >= 0.3 is 0 Å². The van der Waals surface area contributed by atoms with Crippen LogP contribution in [0.1, 0.15) is 29.1 Å². The summed E-state index contributed by atoms with van der Waals surface area (Å²) in [5.41, 5.74) is 2.85. The Labute approximate surface area is 112 Å². The van der Waals surface area contributed by atoms with Crippen molar-refractivity contribution in [3.8, 4) is 6.07 Å². The molecule has 0 radical (unpaired) electrons. The monoisotopic (exact) mass is 256 g/mol. The van der Waals surface area contributed by atoms with E-state index in [9.17, 15) is 0 Å². The number of furan rings is 1. The lowest BCUT2D eigenvalue weighted by Gasteiger charge is -2.18. The van der Waals surface area contributed by atoms with Crippen molar-refractivity contribution in [1.82, 2.24) is 14.7 Å². The van der Waals surface area contributed by atoms with Gasteiger partial charge in [0.05, 0.1) is 18.5 Å². The first-order valence-electron chi connectivity index (χ1n) is 6.47. The third kappa shape index (κ3) is 2.27. The summed E-state index contributed by atoms with van der Waals surface area (Å²) in [5, 5.41) is 13.4. The largest absolute Gasteiger partial charge is 0.468 e. The number of aryl methyl sites for hydroxylation is 1. The minimum atomic E-state index is 0.581. The van der Waals surface area contributed by atoms with Crippen LogP contribution in [0.5, 0.6) is 0 Å². The van der Waals surface area contributed by atoms with Crippen LogP contribution in [0, 0.1) is 11.3 Å². The van der Waals surface area contributed by atoms with E-state index in [4.69, 9.17) is 9.68 Å². The molecule has 0 aliphatic carbocycles. The lowest BCUT2D eigenvalue weighted by Crippen LogP contribution is -2.23. The Morgan fingerprint density at radius 2 is 2.42 bits per heavy atom. The molecule has 0 atom stereocenters. The smallest absolute Gasteiger partial charge is 0.165 e. The Kier molecular flexibility index (Phi) is 3.10. The van der Waals surface area contributed by atoms with Crippen LogP contribution < -0.4 is 0 Å². The molecule has 0 saturated heterocycles. The molecule has 2 aromatic rings. The molecule has 2 aromatic heterocycles. The Morgan fingerprint density at radius 1 is 1.53 bits per heavy atom. The molecular weight excluding hydrogens is 240 g/mol. The van der Waals surface area contributed by atoms with Gasteiger partial charge in [-0.05, 0) is 31.5 Å². The van der Waals surface area contributed by atoms with E-state index in [1.807, 2.05) is 23.9 Å². The van der Waals surface area contributed by atoms with E-state index in [-0.39, 0.29) is 0 Å². The van der Waals surface area contributed by atoms with Crippen LogP contribution in [0.15, 0.2) is 22.8 Å². The van der Waals surface area contributed by atoms with Gasteiger partial charge in [-0.25, -0.2) is 0 Å². The molecule has 0 fully saturated rings. The second-order valence-electron chi connectivity index (χ2n) is 4.90. The summed E-state index contributed by atoms with van der Waals surface area (Å²) in [7, 11) is 1.91. The first-order chi connectivity index (χ1) is 9.28. The van der Waals surface area contributed by atoms with E-state index in [1.165, 1.54) is 0 Å². The van der Waals surface area contributed by atoms with Crippen LogP contribution in [0.2, 0.25) is 0 Å². The summed E-state index contributed by atoms with van der Waals surface area (Å²) in [5.74, 6) is 0.978. The van der Waals surface area contributed by atoms with Crippen LogP contribution in [-0.2, 0) is 26.6 Å². The fourth-order valence-electron chi connectivity index (χ4n) is 2.68. The second-order valence-corrected chi connectivity index (χ2v) is 4.90. The molecule has 0 spiro atoms. The van der Waals surface area contributed by atoms with E-state index < -0.39 is 0 Å². The number of nitrogens with zero attached hydrogens (tertiary/aromatic N) is 4. The molecule has 1 aliphatic heterocycles. The van der Waals surface area contributed by atoms with Gasteiger partial charge in [0.15, 0.2) is 5.69 Å². The molecule has 3 heterocycles. The highest BCUT2D eigenvalue weighted by Crippen LogP contribution is 2.22. The van der Waals surface area contributed by atoms with Gasteiger partial charge in [-0.3, -0.25) is 9.58 Å². The Hall–Kier alpha value is -2.06. The fourth-order valence-corrected chi connectivity index (χ4v) is 2.68. The van der Waals surface area contributed by atoms with E-state index >= 15 is 0 Å². The standard InChI is InChI=1S/C14H16N4O/c1-17-14-10-18(9-11-4-3-7-19-11)6-2-5-12(14)13(8-15)16-17/h3-4,7H,2,5-6,9-10H2,1H3. The highest BCUT2D eigenvalue weighted by Gasteiger charge is 2.22. The average molecular weight is 256 g/mol. The van der Waals surface area contributed by atoms with Gasteiger partial charge < -0.3 is 4.42 Å². The molecule has 1 aliphatic rings. The molecule has 0 unspecified atom stereocenters. The predicted octanol–water partition coefficient (Wildman–Crippen LogP) is 1.83. The second kappa shape index (κ2) is 4.90. The highest BCUT2D eigenvalue weighted by molar-refractivity contribution is 5.35. The normalized spacial score (nSPS) is 15.8. The number of aromatic nitrogens is 2. The van der Waals surface area contributed by atoms with Crippen LogP contribution in [0.3, 0.4) is 0 Å². The number of rotatable bonds is 2. The van der Waals surface area contributed by atoms with Crippen molar-refractivity contribution in [3.05, 3.63) is 41.1 Å². The van der Waals surface area contributed by atoms with Gasteiger partial charge in [0.25, 0.3) is 0 Å². The molecular formula is C14H16N4O. The predicted molar refractivity (Wildman–Crippen MR) is 69.1 cm³/mol. The van der Waals surface area contributed by atoms with Gasteiger partial charge in [-0.1, -0.05) is 0 Å². The van der Waals surface area contributed by atoms with E-state index in [2.05, 4.69) is 16.1 Å². The molecule has 19 heavy (non-hydrogen) atoms. The molecule has 5 nitrogen and oxygen atoms in total. The van der Waals surface area contributed by atoms with Gasteiger partial charge in [0, 0.05) is 19.2 Å². The summed E-state index contributed by atoms with van der Waals surface area (Å²) in [6.07, 6.45) is 3.69. The van der Waals surface area contributed by atoms with E-state index in [0.717, 1.165) is 49.5 Å². The van der Waals surface area contributed by atoms with Crippen LogP contribution in [-0.4, -0.2) is 21.2 Å².